The molecule has 6 heteroatoms. The van der Waals surface area contributed by atoms with Crippen LogP contribution in [0.5, 0.6) is 0 Å². The first-order chi connectivity index (χ1) is 15.1. The Morgan fingerprint density at radius 1 is 0.677 bits per heavy atom. The summed E-state index contributed by atoms with van der Waals surface area (Å²) in [7, 11) is 8.21. The molecule has 0 bridgehead atoms. The predicted octanol–water partition coefficient (Wildman–Crippen LogP) is 4.03. The highest BCUT2D eigenvalue weighted by Gasteiger charge is 2.28. The summed E-state index contributed by atoms with van der Waals surface area (Å²) in [4.78, 5) is 4.25. The third-order valence-corrected chi connectivity index (χ3v) is 5.48. The second kappa shape index (κ2) is 9.10. The van der Waals surface area contributed by atoms with Crippen LogP contribution in [-0.4, -0.2) is 53.3 Å². The van der Waals surface area contributed by atoms with Crippen molar-refractivity contribution in [2.45, 2.75) is 12.1 Å². The van der Waals surface area contributed by atoms with E-state index in [-0.39, 0.29) is 12.1 Å². The molecule has 0 fully saturated rings. The lowest BCUT2D eigenvalue weighted by atomic mass is 9.97. The van der Waals surface area contributed by atoms with Crippen LogP contribution >= 0.6 is 0 Å². The molecule has 0 radical (unpaired) electrons. The second-order valence-electron chi connectivity index (χ2n) is 8.06. The molecular formula is C25H28N6. The fourth-order valence-corrected chi connectivity index (χ4v) is 3.94. The number of benzene rings is 3. The highest BCUT2D eigenvalue weighted by atomic mass is 15.6. The van der Waals surface area contributed by atoms with Crippen molar-refractivity contribution < 1.29 is 0 Å². The number of aromatic nitrogens is 4. The van der Waals surface area contributed by atoms with Gasteiger partial charge in [0.2, 0.25) is 0 Å². The van der Waals surface area contributed by atoms with Crippen LogP contribution in [0.1, 0.15) is 34.6 Å². The van der Waals surface area contributed by atoms with E-state index in [1.165, 1.54) is 0 Å². The summed E-state index contributed by atoms with van der Waals surface area (Å²) in [5.41, 5.74) is 4.59. The molecule has 1 unspecified atom stereocenters. The van der Waals surface area contributed by atoms with Gasteiger partial charge in [-0.1, -0.05) is 72.8 Å². The predicted molar refractivity (Wildman–Crippen MR) is 124 cm³/mol. The van der Waals surface area contributed by atoms with Crippen LogP contribution in [0.15, 0.2) is 84.9 Å². The van der Waals surface area contributed by atoms with Crippen LogP contribution in [0.4, 0.5) is 5.69 Å². The van der Waals surface area contributed by atoms with Crippen molar-refractivity contribution in [1.29, 1.82) is 0 Å². The quantitative estimate of drug-likeness (QED) is 0.459. The van der Waals surface area contributed by atoms with Crippen LogP contribution in [0, 0.1) is 0 Å². The Balaban J connectivity index is 1.82. The van der Waals surface area contributed by atoms with Crippen LogP contribution in [0.2, 0.25) is 0 Å². The maximum atomic E-state index is 4.49. The standard InChI is InChI=1S/C25H28N6/c1-29(2)22-17-15-21(16-18-22)24(30(3)4)25-26-27-28-31(25)23(19-11-7-5-8-12-19)20-13-9-6-10-14-20/h5-18,23-24H,1-4H3. The first-order valence-electron chi connectivity index (χ1n) is 10.4. The van der Waals surface area contributed by atoms with Crippen LogP contribution < -0.4 is 4.90 Å². The minimum absolute atomic E-state index is 0.0823. The normalized spacial score (nSPS) is 12.3. The molecule has 4 rings (SSSR count). The second-order valence-corrected chi connectivity index (χ2v) is 8.06. The smallest absolute Gasteiger partial charge is 0.174 e. The van der Waals surface area contributed by atoms with E-state index in [1.54, 1.807) is 0 Å². The lowest BCUT2D eigenvalue weighted by Crippen LogP contribution is -2.27. The van der Waals surface area contributed by atoms with Crippen molar-refractivity contribution in [2.24, 2.45) is 0 Å². The number of tetrazole rings is 1. The average molecular weight is 413 g/mol. The molecule has 0 saturated heterocycles. The summed E-state index contributed by atoms with van der Waals surface area (Å²) in [6.07, 6.45) is 0. The van der Waals surface area contributed by atoms with E-state index < -0.39 is 0 Å². The zero-order valence-corrected chi connectivity index (χ0v) is 18.4. The zero-order chi connectivity index (χ0) is 21.8. The van der Waals surface area contributed by atoms with Crippen molar-refractivity contribution in [2.75, 3.05) is 33.1 Å². The van der Waals surface area contributed by atoms with Gasteiger partial charge in [-0.25, -0.2) is 4.68 Å². The molecular weight excluding hydrogens is 384 g/mol. The average Bonchev–Trinajstić information content (AvgIpc) is 3.24. The fourth-order valence-electron chi connectivity index (χ4n) is 3.94. The molecule has 0 saturated carbocycles. The van der Waals surface area contributed by atoms with E-state index in [0.717, 1.165) is 28.2 Å². The molecule has 1 atom stereocenters. The lowest BCUT2D eigenvalue weighted by molar-refractivity contribution is 0.315. The minimum atomic E-state index is -0.115. The molecule has 31 heavy (non-hydrogen) atoms. The molecule has 0 aliphatic carbocycles. The van der Waals surface area contributed by atoms with Gasteiger partial charge in [0.25, 0.3) is 0 Å². The monoisotopic (exact) mass is 412 g/mol. The molecule has 0 spiro atoms. The molecule has 0 aliphatic heterocycles. The van der Waals surface area contributed by atoms with Crippen molar-refractivity contribution >= 4 is 5.69 Å². The highest BCUT2D eigenvalue weighted by Crippen LogP contribution is 2.32. The largest absolute Gasteiger partial charge is 0.378 e. The molecule has 6 nitrogen and oxygen atoms in total. The van der Waals surface area contributed by atoms with E-state index in [1.807, 2.05) is 30.9 Å². The third-order valence-electron chi connectivity index (χ3n) is 5.48. The summed E-state index contributed by atoms with van der Waals surface area (Å²) in [6.45, 7) is 0. The number of hydrogen-bond donors (Lipinski definition) is 0. The third kappa shape index (κ3) is 4.34. The van der Waals surface area contributed by atoms with Gasteiger partial charge in [-0.15, -0.1) is 5.10 Å². The number of anilines is 1. The molecule has 3 aromatic carbocycles. The molecule has 4 aromatic rings. The molecule has 0 amide bonds. The number of rotatable bonds is 7. The Labute approximate surface area is 183 Å². The summed E-state index contributed by atoms with van der Waals surface area (Å²) in [5.74, 6) is 0.806. The topological polar surface area (TPSA) is 50.1 Å². The summed E-state index contributed by atoms with van der Waals surface area (Å²) < 4.78 is 1.95. The highest BCUT2D eigenvalue weighted by molar-refractivity contribution is 5.47. The van der Waals surface area contributed by atoms with Crippen molar-refractivity contribution in [3.8, 4) is 0 Å². The van der Waals surface area contributed by atoms with Crippen LogP contribution in [0.25, 0.3) is 0 Å². The van der Waals surface area contributed by atoms with E-state index in [2.05, 4.69) is 112 Å². The Morgan fingerprint density at radius 3 is 1.71 bits per heavy atom. The molecule has 158 valence electrons. The van der Waals surface area contributed by atoms with Gasteiger partial charge < -0.3 is 4.90 Å². The Morgan fingerprint density at radius 2 is 1.23 bits per heavy atom. The van der Waals surface area contributed by atoms with Gasteiger partial charge >= 0.3 is 0 Å². The number of hydrogen-bond acceptors (Lipinski definition) is 5. The lowest BCUT2D eigenvalue weighted by Gasteiger charge is -2.27. The van der Waals surface area contributed by atoms with E-state index in [4.69, 9.17) is 0 Å². The summed E-state index contributed by atoms with van der Waals surface area (Å²) in [5, 5.41) is 13.1. The first-order valence-corrected chi connectivity index (χ1v) is 10.4. The number of nitrogens with zero attached hydrogens (tertiary/aromatic N) is 6. The maximum absolute atomic E-state index is 4.49. The van der Waals surface area contributed by atoms with E-state index >= 15 is 0 Å². The Bertz CT molecular complexity index is 1050. The SMILES string of the molecule is CN(C)c1ccc(C(c2nnnn2C(c2ccccc2)c2ccccc2)N(C)C)cc1. The Hall–Kier alpha value is -3.51. The van der Waals surface area contributed by atoms with Gasteiger partial charge in [0, 0.05) is 19.8 Å². The summed E-state index contributed by atoms with van der Waals surface area (Å²) >= 11 is 0. The summed E-state index contributed by atoms with van der Waals surface area (Å²) in [6, 6.07) is 29.1. The van der Waals surface area contributed by atoms with Crippen molar-refractivity contribution in [1.82, 2.24) is 25.1 Å². The van der Waals surface area contributed by atoms with Gasteiger partial charge in [0.05, 0.1) is 6.04 Å². The zero-order valence-electron chi connectivity index (χ0n) is 18.4. The van der Waals surface area contributed by atoms with Gasteiger partial charge in [-0.2, -0.15) is 0 Å². The molecule has 1 heterocycles. The van der Waals surface area contributed by atoms with E-state index in [0.29, 0.717) is 0 Å². The van der Waals surface area contributed by atoms with Crippen molar-refractivity contribution in [3.63, 3.8) is 0 Å². The van der Waals surface area contributed by atoms with Gasteiger partial charge in [-0.3, -0.25) is 4.90 Å². The van der Waals surface area contributed by atoms with Crippen LogP contribution in [-0.2, 0) is 0 Å². The molecule has 0 N–H and O–H groups in total. The van der Waals surface area contributed by atoms with Gasteiger partial charge in [0.15, 0.2) is 5.82 Å². The molecule has 0 aliphatic rings. The van der Waals surface area contributed by atoms with Crippen molar-refractivity contribution in [3.05, 3.63) is 107 Å². The maximum Gasteiger partial charge on any atom is 0.174 e. The molecule has 1 aromatic heterocycles. The minimum Gasteiger partial charge on any atom is -0.378 e. The van der Waals surface area contributed by atoms with E-state index in [9.17, 15) is 0 Å². The van der Waals surface area contributed by atoms with Crippen LogP contribution in [0.3, 0.4) is 0 Å². The Kier molecular flexibility index (Phi) is 6.09. The van der Waals surface area contributed by atoms with Gasteiger partial charge in [0.1, 0.15) is 6.04 Å². The first kappa shape index (κ1) is 20.8. The fraction of sp³-hybridized carbons (Fsp3) is 0.240. The van der Waals surface area contributed by atoms with Gasteiger partial charge in [-0.05, 0) is 53.3 Å².